The molecular formula is C18H16N2O4S. The van der Waals surface area contributed by atoms with Crippen LogP contribution in [0, 0.1) is 0 Å². The van der Waals surface area contributed by atoms with Crippen LogP contribution in [0.1, 0.15) is 12.5 Å². The Morgan fingerprint density at radius 3 is 2.76 bits per heavy atom. The molecule has 1 saturated heterocycles. The molecule has 0 aliphatic carbocycles. The highest BCUT2D eigenvalue weighted by Gasteiger charge is 2.24. The zero-order valence-electron chi connectivity index (χ0n) is 13.4. The standard InChI is InChI=1S/C18H16N2O4S/c1-2-24-15-9-11(7-8-14(15)22)10-16-17(23)20-18(25-16)19-12-5-3-4-6-13(12)21/h3-10,21-22H,2H2,1H3,(H,19,20,23). The number of hydrogen-bond donors (Lipinski definition) is 3. The minimum atomic E-state index is -0.273. The normalized spacial score (nSPS) is 17.1. The van der Waals surface area contributed by atoms with Crippen molar-refractivity contribution in [2.24, 2.45) is 4.99 Å². The van der Waals surface area contributed by atoms with E-state index in [4.69, 9.17) is 4.74 Å². The molecular weight excluding hydrogens is 340 g/mol. The Hall–Kier alpha value is -2.93. The molecule has 1 aliphatic rings. The van der Waals surface area contributed by atoms with Gasteiger partial charge >= 0.3 is 0 Å². The minimum Gasteiger partial charge on any atom is -0.506 e. The van der Waals surface area contributed by atoms with Crippen LogP contribution in [-0.4, -0.2) is 27.9 Å². The summed E-state index contributed by atoms with van der Waals surface area (Å²) >= 11 is 1.18. The molecule has 2 aromatic rings. The van der Waals surface area contributed by atoms with Gasteiger partial charge in [0.05, 0.1) is 11.5 Å². The zero-order valence-corrected chi connectivity index (χ0v) is 14.2. The van der Waals surface area contributed by atoms with E-state index in [1.807, 2.05) is 6.92 Å². The Balaban J connectivity index is 1.84. The van der Waals surface area contributed by atoms with Gasteiger partial charge in [-0.2, -0.15) is 0 Å². The lowest BCUT2D eigenvalue weighted by Crippen LogP contribution is -2.19. The fourth-order valence-electron chi connectivity index (χ4n) is 2.19. The molecule has 6 nitrogen and oxygen atoms in total. The lowest BCUT2D eigenvalue weighted by Gasteiger charge is -2.06. The summed E-state index contributed by atoms with van der Waals surface area (Å²) in [6.45, 7) is 2.26. The monoisotopic (exact) mass is 356 g/mol. The maximum atomic E-state index is 12.1. The average Bonchev–Trinajstić information content (AvgIpc) is 2.92. The molecule has 25 heavy (non-hydrogen) atoms. The number of aliphatic imine (C=N–C) groups is 1. The van der Waals surface area contributed by atoms with Gasteiger partial charge in [0.1, 0.15) is 11.4 Å². The van der Waals surface area contributed by atoms with Gasteiger partial charge in [0.15, 0.2) is 16.7 Å². The Morgan fingerprint density at radius 1 is 1.20 bits per heavy atom. The number of phenolic OH excluding ortho intramolecular Hbond substituents is 2. The third-order valence-corrected chi connectivity index (χ3v) is 4.25. The van der Waals surface area contributed by atoms with Gasteiger partial charge in [-0.1, -0.05) is 18.2 Å². The molecule has 1 amide bonds. The molecule has 3 N–H and O–H groups in total. The molecule has 0 bridgehead atoms. The summed E-state index contributed by atoms with van der Waals surface area (Å²) < 4.78 is 5.34. The number of rotatable bonds is 4. The largest absolute Gasteiger partial charge is 0.506 e. The molecule has 0 unspecified atom stereocenters. The average molecular weight is 356 g/mol. The molecule has 0 atom stereocenters. The minimum absolute atomic E-state index is 0.0437. The van der Waals surface area contributed by atoms with Gasteiger partial charge in [-0.25, -0.2) is 4.99 Å². The van der Waals surface area contributed by atoms with Gasteiger partial charge in [-0.15, -0.1) is 0 Å². The third kappa shape index (κ3) is 3.95. The Morgan fingerprint density at radius 2 is 2.00 bits per heavy atom. The smallest absolute Gasteiger partial charge is 0.264 e. The van der Waals surface area contributed by atoms with Gasteiger partial charge in [-0.05, 0) is 54.6 Å². The fourth-order valence-corrected chi connectivity index (χ4v) is 3.03. The van der Waals surface area contributed by atoms with E-state index in [1.54, 1.807) is 36.4 Å². The van der Waals surface area contributed by atoms with Crippen LogP contribution < -0.4 is 10.1 Å². The van der Waals surface area contributed by atoms with Gasteiger partial charge in [0.2, 0.25) is 0 Å². The first-order valence-corrected chi connectivity index (χ1v) is 8.42. The molecule has 7 heteroatoms. The van der Waals surface area contributed by atoms with Crippen LogP contribution in [0.4, 0.5) is 5.69 Å². The van der Waals surface area contributed by atoms with E-state index < -0.39 is 0 Å². The van der Waals surface area contributed by atoms with E-state index in [0.29, 0.717) is 28.1 Å². The topological polar surface area (TPSA) is 91.2 Å². The number of carbonyl (C=O) groups is 1. The van der Waals surface area contributed by atoms with E-state index in [9.17, 15) is 15.0 Å². The number of aromatic hydroxyl groups is 2. The van der Waals surface area contributed by atoms with Gasteiger partial charge < -0.3 is 20.3 Å². The summed E-state index contributed by atoms with van der Waals surface area (Å²) in [4.78, 5) is 16.8. The highest BCUT2D eigenvalue weighted by molar-refractivity contribution is 8.18. The summed E-state index contributed by atoms with van der Waals surface area (Å²) in [7, 11) is 0. The molecule has 128 valence electrons. The predicted octanol–water partition coefficient (Wildman–Crippen LogP) is 3.39. The number of benzene rings is 2. The first kappa shape index (κ1) is 16.9. The predicted molar refractivity (Wildman–Crippen MR) is 98.2 cm³/mol. The Kier molecular flexibility index (Phi) is 4.95. The lowest BCUT2D eigenvalue weighted by molar-refractivity contribution is -0.115. The van der Waals surface area contributed by atoms with Crippen LogP contribution in [0.15, 0.2) is 52.4 Å². The Bertz CT molecular complexity index is 877. The lowest BCUT2D eigenvalue weighted by atomic mass is 10.2. The summed E-state index contributed by atoms with van der Waals surface area (Å²) in [6.07, 6.45) is 1.69. The van der Waals surface area contributed by atoms with Crippen molar-refractivity contribution in [2.75, 3.05) is 6.61 Å². The summed E-state index contributed by atoms with van der Waals surface area (Å²) in [5.74, 6) is 0.185. The van der Waals surface area contributed by atoms with Gasteiger partial charge in [0.25, 0.3) is 5.91 Å². The molecule has 1 fully saturated rings. The summed E-state index contributed by atoms with van der Waals surface area (Å²) in [5.41, 5.74) is 1.11. The van der Waals surface area contributed by atoms with Crippen LogP contribution in [0.25, 0.3) is 6.08 Å². The number of amides is 1. The second kappa shape index (κ2) is 7.31. The molecule has 0 radical (unpaired) electrons. The third-order valence-electron chi connectivity index (χ3n) is 3.34. The fraction of sp³-hybridized carbons (Fsp3) is 0.111. The molecule has 1 aliphatic heterocycles. The number of hydrogen-bond acceptors (Lipinski definition) is 6. The van der Waals surface area contributed by atoms with E-state index in [2.05, 4.69) is 10.3 Å². The van der Waals surface area contributed by atoms with E-state index in [0.717, 1.165) is 5.56 Å². The maximum Gasteiger partial charge on any atom is 0.264 e. The van der Waals surface area contributed by atoms with Gasteiger partial charge in [0, 0.05) is 0 Å². The van der Waals surface area contributed by atoms with Crippen molar-refractivity contribution in [3.8, 4) is 17.2 Å². The second-order valence-corrected chi connectivity index (χ2v) is 6.16. The first-order valence-electron chi connectivity index (χ1n) is 7.60. The molecule has 0 aromatic heterocycles. The summed E-state index contributed by atoms with van der Waals surface area (Å²) in [6, 6.07) is 11.5. The number of nitrogens with one attached hydrogen (secondary N) is 1. The highest BCUT2D eigenvalue weighted by atomic mass is 32.2. The van der Waals surface area contributed by atoms with Crippen molar-refractivity contribution in [3.63, 3.8) is 0 Å². The second-order valence-electron chi connectivity index (χ2n) is 5.13. The van der Waals surface area contributed by atoms with Crippen LogP contribution in [0.2, 0.25) is 0 Å². The van der Waals surface area contributed by atoms with Crippen molar-refractivity contribution in [2.45, 2.75) is 6.92 Å². The zero-order chi connectivity index (χ0) is 17.8. The number of carbonyl (C=O) groups excluding carboxylic acids is 1. The number of thioether (sulfide) groups is 1. The van der Waals surface area contributed by atoms with E-state index >= 15 is 0 Å². The molecule has 0 saturated carbocycles. The van der Waals surface area contributed by atoms with Crippen molar-refractivity contribution in [1.29, 1.82) is 0 Å². The number of para-hydroxylation sites is 2. The van der Waals surface area contributed by atoms with Crippen LogP contribution in [0.3, 0.4) is 0 Å². The van der Waals surface area contributed by atoms with Crippen LogP contribution in [-0.2, 0) is 4.79 Å². The number of phenols is 2. The van der Waals surface area contributed by atoms with Crippen molar-refractivity contribution in [1.82, 2.24) is 5.32 Å². The van der Waals surface area contributed by atoms with Crippen LogP contribution >= 0.6 is 11.8 Å². The number of ether oxygens (including phenoxy) is 1. The molecule has 0 spiro atoms. The molecule has 3 rings (SSSR count). The summed E-state index contributed by atoms with van der Waals surface area (Å²) in [5, 5.41) is 22.6. The number of amidine groups is 1. The van der Waals surface area contributed by atoms with Crippen LogP contribution in [0.5, 0.6) is 17.2 Å². The Labute approximate surface area is 148 Å². The van der Waals surface area contributed by atoms with E-state index in [-0.39, 0.29) is 17.4 Å². The quantitative estimate of drug-likeness (QED) is 0.731. The molecule has 2 aromatic carbocycles. The highest BCUT2D eigenvalue weighted by Crippen LogP contribution is 2.33. The van der Waals surface area contributed by atoms with Crippen molar-refractivity contribution >= 4 is 34.6 Å². The number of nitrogens with zero attached hydrogens (tertiary/aromatic N) is 1. The van der Waals surface area contributed by atoms with Crippen molar-refractivity contribution < 1.29 is 19.7 Å². The maximum absolute atomic E-state index is 12.1. The van der Waals surface area contributed by atoms with E-state index in [1.165, 1.54) is 23.9 Å². The SMILES string of the molecule is CCOc1cc(C=C2SC(=Nc3ccccc3O)NC2=O)ccc1O. The first-order chi connectivity index (χ1) is 12.1. The van der Waals surface area contributed by atoms with Crippen molar-refractivity contribution in [3.05, 3.63) is 52.9 Å². The molecule has 1 heterocycles. The van der Waals surface area contributed by atoms with Gasteiger partial charge in [-0.3, -0.25) is 4.79 Å².